The summed E-state index contributed by atoms with van der Waals surface area (Å²) >= 11 is 1.91. The number of hydrogen-bond acceptors (Lipinski definition) is 4. The van der Waals surface area contributed by atoms with E-state index in [0.29, 0.717) is 12.1 Å². The third kappa shape index (κ3) is 3.21. The molecule has 4 nitrogen and oxygen atoms in total. The maximum absolute atomic E-state index is 11.5. The third-order valence-electron chi connectivity index (χ3n) is 1.67. The molecule has 0 saturated heterocycles. The predicted octanol–water partition coefficient (Wildman–Crippen LogP) is 1.74. The van der Waals surface area contributed by atoms with Gasteiger partial charge >= 0.3 is 0 Å². The van der Waals surface area contributed by atoms with E-state index in [-0.39, 0.29) is 17.1 Å². The Kier molecular flexibility index (Phi) is 5.59. The van der Waals surface area contributed by atoms with E-state index in [1.807, 2.05) is 22.9 Å². The van der Waals surface area contributed by atoms with Crippen LogP contribution in [0.1, 0.15) is 20.3 Å². The van der Waals surface area contributed by atoms with Crippen molar-refractivity contribution in [1.82, 2.24) is 3.11 Å². The van der Waals surface area contributed by atoms with Crippen molar-refractivity contribution in [2.45, 2.75) is 20.3 Å². The molecule has 0 aliphatic heterocycles. The van der Waals surface area contributed by atoms with Gasteiger partial charge in [0.1, 0.15) is 5.70 Å². The van der Waals surface area contributed by atoms with Crippen LogP contribution in [-0.2, 0) is 9.59 Å². The molecule has 0 aromatic heterocycles. The number of nitrogens with zero attached hydrogens (tertiary/aromatic N) is 1. The fraction of sp³-hybridized carbons (Fsp3) is 0.444. The zero-order chi connectivity index (χ0) is 11.3. The minimum absolute atomic E-state index is 0.129. The number of halogens is 1. The molecule has 14 heavy (non-hydrogen) atoms. The number of carbonyl (C=O) groups excluding carboxylic acids is 2. The Bertz CT molecular complexity index is 295. The van der Waals surface area contributed by atoms with Gasteiger partial charge in [-0.2, -0.15) is 0 Å². The van der Waals surface area contributed by atoms with Crippen LogP contribution in [0.2, 0.25) is 0 Å². The smallest absolute Gasteiger partial charge is 0.180 e. The molecule has 0 saturated carbocycles. The Morgan fingerprint density at radius 1 is 1.50 bits per heavy atom. The number of ketones is 2. The Hall–Kier alpha value is -0.720. The maximum Gasteiger partial charge on any atom is 0.180 e. The van der Waals surface area contributed by atoms with Crippen molar-refractivity contribution in [1.29, 1.82) is 5.41 Å². The molecule has 1 N–H and O–H groups in total. The van der Waals surface area contributed by atoms with Crippen LogP contribution in [0, 0.1) is 5.41 Å². The summed E-state index contributed by atoms with van der Waals surface area (Å²) in [4.78, 5) is 22.6. The molecule has 0 unspecified atom stereocenters. The molecule has 0 spiro atoms. The van der Waals surface area contributed by atoms with Gasteiger partial charge in [-0.1, -0.05) is 6.92 Å². The Morgan fingerprint density at radius 2 is 2.00 bits per heavy atom. The summed E-state index contributed by atoms with van der Waals surface area (Å²) in [5, 5.41) is 7.10. The summed E-state index contributed by atoms with van der Waals surface area (Å²) in [7, 11) is 1.68. The van der Waals surface area contributed by atoms with Crippen LogP contribution in [0.25, 0.3) is 0 Å². The Morgan fingerprint density at radius 3 is 2.21 bits per heavy atom. The van der Waals surface area contributed by atoms with E-state index in [2.05, 4.69) is 0 Å². The van der Waals surface area contributed by atoms with E-state index in [1.165, 1.54) is 6.92 Å². The van der Waals surface area contributed by atoms with Gasteiger partial charge in [0.25, 0.3) is 0 Å². The minimum Gasteiger partial charge on any atom is -0.314 e. The standard InChI is InChI=1S/C9H13IN2O2/c1-4-8(14)9(12(3)10)7(5-11)6(2)13/h5,11H,4H2,1-3H3/b9-7+,11-5?. The van der Waals surface area contributed by atoms with Crippen LogP contribution < -0.4 is 0 Å². The normalized spacial score (nSPS) is 11.7. The first-order chi connectivity index (χ1) is 6.45. The van der Waals surface area contributed by atoms with E-state index in [1.54, 1.807) is 17.1 Å². The summed E-state index contributed by atoms with van der Waals surface area (Å²) < 4.78 is 1.55. The molecule has 0 rings (SSSR count). The van der Waals surface area contributed by atoms with Gasteiger partial charge in [-0.3, -0.25) is 9.59 Å². The van der Waals surface area contributed by atoms with E-state index < -0.39 is 0 Å². The van der Waals surface area contributed by atoms with Crippen molar-refractivity contribution < 1.29 is 9.59 Å². The maximum atomic E-state index is 11.5. The zero-order valence-corrected chi connectivity index (χ0v) is 10.6. The first kappa shape index (κ1) is 13.3. The molecule has 0 bridgehead atoms. The van der Waals surface area contributed by atoms with Crippen molar-refractivity contribution in [2.24, 2.45) is 0 Å². The summed E-state index contributed by atoms with van der Waals surface area (Å²) in [6.45, 7) is 3.08. The molecule has 5 heteroatoms. The molecule has 78 valence electrons. The highest BCUT2D eigenvalue weighted by molar-refractivity contribution is 14.1. The van der Waals surface area contributed by atoms with Crippen molar-refractivity contribution in [3.05, 3.63) is 11.3 Å². The average Bonchev–Trinajstić information content (AvgIpc) is 2.11. The number of rotatable bonds is 5. The lowest BCUT2D eigenvalue weighted by Gasteiger charge is -2.15. The molecule has 0 aromatic rings. The van der Waals surface area contributed by atoms with E-state index in [9.17, 15) is 9.59 Å². The number of likely N-dealkylation sites (N-methyl/N-ethyl adjacent to an activating group) is 1. The number of hydrogen-bond donors (Lipinski definition) is 1. The topological polar surface area (TPSA) is 61.2 Å². The molecule has 0 fully saturated rings. The molecule has 0 aliphatic rings. The first-order valence-corrected chi connectivity index (χ1v) is 5.10. The van der Waals surface area contributed by atoms with Gasteiger partial charge in [0, 0.05) is 19.7 Å². The van der Waals surface area contributed by atoms with E-state index in [0.717, 1.165) is 6.21 Å². The van der Waals surface area contributed by atoms with E-state index in [4.69, 9.17) is 5.41 Å². The van der Waals surface area contributed by atoms with Gasteiger partial charge in [0.15, 0.2) is 11.6 Å². The lowest BCUT2D eigenvalue weighted by Crippen LogP contribution is -2.19. The van der Waals surface area contributed by atoms with E-state index >= 15 is 0 Å². The lowest BCUT2D eigenvalue weighted by atomic mass is 10.1. The number of carbonyl (C=O) groups is 2. The fourth-order valence-electron chi connectivity index (χ4n) is 0.992. The highest BCUT2D eigenvalue weighted by Crippen LogP contribution is 2.15. The second-order valence-corrected chi connectivity index (χ2v) is 4.16. The number of allylic oxidation sites excluding steroid dienone is 2. The molecule has 0 amide bonds. The predicted molar refractivity (Wildman–Crippen MR) is 63.6 cm³/mol. The molecule has 0 radical (unpaired) electrons. The molecular formula is C9H13IN2O2. The van der Waals surface area contributed by atoms with Crippen LogP contribution in [0.4, 0.5) is 0 Å². The summed E-state index contributed by atoms with van der Waals surface area (Å²) in [6.07, 6.45) is 1.26. The van der Waals surface area contributed by atoms with Gasteiger partial charge < -0.3 is 8.52 Å². The van der Waals surface area contributed by atoms with Crippen LogP contribution in [-0.4, -0.2) is 27.9 Å². The zero-order valence-electron chi connectivity index (χ0n) is 8.43. The fourth-order valence-corrected chi connectivity index (χ4v) is 1.52. The van der Waals surface area contributed by atoms with Crippen molar-refractivity contribution in [3.63, 3.8) is 0 Å². The SMILES string of the molecule is CCC(=O)/C(=C(/C=N)C(C)=O)N(C)I. The lowest BCUT2D eigenvalue weighted by molar-refractivity contribution is -0.117. The van der Waals surface area contributed by atoms with Crippen molar-refractivity contribution >= 4 is 40.6 Å². The van der Waals surface area contributed by atoms with Crippen LogP contribution >= 0.6 is 22.9 Å². The second-order valence-electron chi connectivity index (χ2n) is 2.72. The summed E-state index contributed by atoms with van der Waals surface area (Å²) in [6, 6.07) is 0. The quantitative estimate of drug-likeness (QED) is 0.364. The molecule has 0 atom stereocenters. The largest absolute Gasteiger partial charge is 0.314 e. The minimum atomic E-state index is -0.264. The highest BCUT2D eigenvalue weighted by atomic mass is 127. The highest BCUT2D eigenvalue weighted by Gasteiger charge is 2.18. The van der Waals surface area contributed by atoms with Crippen LogP contribution in [0.5, 0.6) is 0 Å². The number of nitrogens with one attached hydrogen (secondary N) is 1. The summed E-state index contributed by atoms with van der Waals surface area (Å²) in [5.74, 6) is -0.393. The van der Waals surface area contributed by atoms with Crippen LogP contribution in [0.3, 0.4) is 0 Å². The van der Waals surface area contributed by atoms with Crippen molar-refractivity contribution in [2.75, 3.05) is 7.05 Å². The van der Waals surface area contributed by atoms with Gasteiger partial charge in [-0.25, -0.2) is 0 Å². The van der Waals surface area contributed by atoms with Crippen molar-refractivity contribution in [3.8, 4) is 0 Å². The second kappa shape index (κ2) is 5.90. The Labute approximate surface area is 97.4 Å². The van der Waals surface area contributed by atoms with Gasteiger partial charge in [-0.05, 0) is 6.92 Å². The molecule has 0 heterocycles. The Balaban J connectivity index is 5.43. The van der Waals surface area contributed by atoms with Gasteiger partial charge in [0.2, 0.25) is 0 Å². The molecule has 0 aliphatic carbocycles. The average molecular weight is 308 g/mol. The van der Waals surface area contributed by atoms with Crippen LogP contribution in [0.15, 0.2) is 11.3 Å². The molecular weight excluding hydrogens is 295 g/mol. The number of Topliss-reactive ketones (excluding diaryl/α,β-unsaturated/α-hetero) is 2. The van der Waals surface area contributed by atoms with Gasteiger partial charge in [-0.15, -0.1) is 0 Å². The first-order valence-electron chi connectivity index (χ1n) is 4.14. The summed E-state index contributed by atoms with van der Waals surface area (Å²) in [5.41, 5.74) is 0.462. The molecule has 0 aromatic carbocycles. The van der Waals surface area contributed by atoms with Gasteiger partial charge in [0.05, 0.1) is 28.4 Å². The monoisotopic (exact) mass is 308 g/mol. The third-order valence-corrected chi connectivity index (χ3v) is 2.15.